The summed E-state index contributed by atoms with van der Waals surface area (Å²) < 4.78 is 10.5. The minimum Gasteiger partial charge on any atom is -0.484 e. The van der Waals surface area contributed by atoms with Gasteiger partial charge in [-0.1, -0.05) is 5.16 Å². The molecule has 0 aliphatic carbocycles. The molecular formula is C20H25N3O4. The Labute approximate surface area is 158 Å². The third kappa shape index (κ3) is 4.67. The van der Waals surface area contributed by atoms with Crippen LogP contribution in [0.25, 0.3) is 0 Å². The largest absolute Gasteiger partial charge is 0.484 e. The highest BCUT2D eigenvalue weighted by Crippen LogP contribution is 2.23. The van der Waals surface area contributed by atoms with E-state index in [1.54, 1.807) is 37.3 Å². The summed E-state index contributed by atoms with van der Waals surface area (Å²) in [6.07, 6.45) is 3.22. The van der Waals surface area contributed by atoms with Crippen LogP contribution in [-0.2, 0) is 4.79 Å². The van der Waals surface area contributed by atoms with Gasteiger partial charge in [-0.25, -0.2) is 0 Å². The van der Waals surface area contributed by atoms with Crippen LogP contribution in [0.15, 0.2) is 34.9 Å². The molecule has 0 radical (unpaired) electrons. The van der Waals surface area contributed by atoms with Crippen LogP contribution >= 0.6 is 0 Å². The number of nitrogens with zero attached hydrogens (tertiary/aromatic N) is 2. The lowest BCUT2D eigenvalue weighted by Crippen LogP contribution is -2.49. The third-order valence-corrected chi connectivity index (χ3v) is 4.83. The van der Waals surface area contributed by atoms with Crippen LogP contribution in [0.1, 0.15) is 49.2 Å². The van der Waals surface area contributed by atoms with Crippen molar-refractivity contribution in [2.75, 3.05) is 11.9 Å². The van der Waals surface area contributed by atoms with Crippen molar-refractivity contribution in [3.63, 3.8) is 0 Å². The second-order valence-corrected chi connectivity index (χ2v) is 7.02. The number of aryl methyl sites for hydroxylation is 1. The number of carbonyl (C=O) groups is 2. The molecule has 2 aromatic rings. The molecule has 2 heterocycles. The summed E-state index contributed by atoms with van der Waals surface area (Å²) in [5, 5.41) is 6.39. The Morgan fingerprint density at radius 1 is 1.22 bits per heavy atom. The van der Waals surface area contributed by atoms with Gasteiger partial charge in [0, 0.05) is 23.7 Å². The number of aromatic nitrogens is 1. The number of likely N-dealkylation sites (tertiary alicyclic amines) is 1. The normalized spacial score (nSPS) is 19.6. The zero-order valence-electron chi connectivity index (χ0n) is 15.9. The summed E-state index contributed by atoms with van der Waals surface area (Å²) in [6, 6.07) is 8.79. The first-order valence-corrected chi connectivity index (χ1v) is 9.22. The second kappa shape index (κ2) is 8.24. The lowest BCUT2D eigenvalue weighted by Gasteiger charge is -2.38. The summed E-state index contributed by atoms with van der Waals surface area (Å²) in [5.74, 6) is 1.25. The average Bonchev–Trinajstić information content (AvgIpc) is 3.05. The molecule has 0 bridgehead atoms. The van der Waals surface area contributed by atoms with Gasteiger partial charge < -0.3 is 19.5 Å². The average molecular weight is 371 g/mol. The summed E-state index contributed by atoms with van der Waals surface area (Å²) in [5.41, 5.74) is 0.465. The fraction of sp³-hybridized carbons (Fsp3) is 0.450. The molecule has 27 heavy (non-hydrogen) atoms. The Hall–Kier alpha value is -2.83. The van der Waals surface area contributed by atoms with Crippen molar-refractivity contribution >= 4 is 17.6 Å². The van der Waals surface area contributed by atoms with Crippen molar-refractivity contribution in [2.24, 2.45) is 0 Å². The van der Waals surface area contributed by atoms with E-state index in [0.717, 1.165) is 19.3 Å². The maximum atomic E-state index is 12.5. The molecular weight excluding hydrogens is 346 g/mol. The molecule has 2 unspecified atom stereocenters. The maximum Gasteiger partial charge on any atom is 0.260 e. The van der Waals surface area contributed by atoms with Crippen LogP contribution in [0, 0.1) is 6.92 Å². The number of hydrogen-bond donors (Lipinski definition) is 1. The lowest BCUT2D eigenvalue weighted by molar-refractivity contribution is -0.139. The van der Waals surface area contributed by atoms with Gasteiger partial charge >= 0.3 is 0 Å². The van der Waals surface area contributed by atoms with Gasteiger partial charge in [-0.15, -0.1) is 0 Å². The minimum absolute atomic E-state index is 0.00155. The van der Waals surface area contributed by atoms with Gasteiger partial charge in [-0.2, -0.15) is 0 Å². The van der Waals surface area contributed by atoms with E-state index < -0.39 is 0 Å². The molecule has 1 fully saturated rings. The van der Waals surface area contributed by atoms with E-state index in [-0.39, 0.29) is 30.5 Å². The Balaban J connectivity index is 1.54. The van der Waals surface area contributed by atoms with Gasteiger partial charge in [0.15, 0.2) is 12.4 Å². The molecule has 144 valence electrons. The van der Waals surface area contributed by atoms with E-state index in [0.29, 0.717) is 22.9 Å². The highest BCUT2D eigenvalue weighted by molar-refractivity contribution is 6.03. The molecule has 1 saturated heterocycles. The van der Waals surface area contributed by atoms with E-state index in [1.807, 2.05) is 4.90 Å². The standard InChI is InChI=1S/C20H25N3O4/c1-13-5-4-6-14(2)23(13)19(24)12-26-17-9-7-16(8-10-17)20(25)21-18-11-15(3)27-22-18/h7-11,13-14H,4-6,12H2,1-3H3,(H,21,22,25). The molecule has 1 aromatic carbocycles. The monoisotopic (exact) mass is 371 g/mol. The van der Waals surface area contributed by atoms with Crippen molar-refractivity contribution in [1.29, 1.82) is 0 Å². The molecule has 0 spiro atoms. The van der Waals surface area contributed by atoms with Gasteiger partial charge in [0.05, 0.1) is 0 Å². The van der Waals surface area contributed by atoms with Crippen LogP contribution < -0.4 is 10.1 Å². The zero-order chi connectivity index (χ0) is 19.4. The van der Waals surface area contributed by atoms with Crippen molar-refractivity contribution < 1.29 is 18.8 Å². The van der Waals surface area contributed by atoms with E-state index >= 15 is 0 Å². The van der Waals surface area contributed by atoms with E-state index in [4.69, 9.17) is 9.26 Å². The molecule has 1 aliphatic rings. The predicted octanol–water partition coefficient (Wildman–Crippen LogP) is 3.40. The predicted molar refractivity (Wildman–Crippen MR) is 101 cm³/mol. The highest BCUT2D eigenvalue weighted by Gasteiger charge is 2.28. The summed E-state index contributed by atoms with van der Waals surface area (Å²) in [6.45, 7) is 5.91. The smallest absolute Gasteiger partial charge is 0.260 e. The molecule has 1 aromatic heterocycles. The Morgan fingerprint density at radius 2 is 1.89 bits per heavy atom. The van der Waals surface area contributed by atoms with Crippen LogP contribution in [0.5, 0.6) is 5.75 Å². The Morgan fingerprint density at radius 3 is 2.48 bits per heavy atom. The molecule has 7 heteroatoms. The number of piperidine rings is 1. The van der Waals surface area contributed by atoms with E-state index in [1.165, 1.54) is 0 Å². The number of ether oxygens (including phenoxy) is 1. The molecule has 3 rings (SSSR count). The summed E-state index contributed by atoms with van der Waals surface area (Å²) >= 11 is 0. The SMILES string of the molecule is Cc1cc(NC(=O)c2ccc(OCC(=O)N3C(C)CCCC3C)cc2)no1. The fourth-order valence-corrected chi connectivity index (χ4v) is 3.45. The third-order valence-electron chi connectivity index (χ3n) is 4.83. The molecule has 2 amide bonds. The van der Waals surface area contributed by atoms with Crippen LogP contribution in [-0.4, -0.2) is 40.6 Å². The molecule has 7 nitrogen and oxygen atoms in total. The first-order chi connectivity index (χ1) is 12.9. The van der Waals surface area contributed by atoms with E-state index in [9.17, 15) is 9.59 Å². The van der Waals surface area contributed by atoms with Gasteiger partial charge in [0.25, 0.3) is 11.8 Å². The minimum atomic E-state index is -0.290. The maximum absolute atomic E-state index is 12.5. The molecule has 1 aliphatic heterocycles. The number of amides is 2. The number of nitrogens with one attached hydrogen (secondary N) is 1. The number of anilines is 1. The van der Waals surface area contributed by atoms with Crippen LogP contribution in [0.2, 0.25) is 0 Å². The van der Waals surface area contributed by atoms with Crippen molar-refractivity contribution in [3.8, 4) is 5.75 Å². The van der Waals surface area contributed by atoms with Gasteiger partial charge in [-0.3, -0.25) is 9.59 Å². The highest BCUT2D eigenvalue weighted by atomic mass is 16.5. The van der Waals surface area contributed by atoms with Crippen molar-refractivity contribution in [1.82, 2.24) is 10.1 Å². The number of carbonyl (C=O) groups excluding carboxylic acids is 2. The second-order valence-electron chi connectivity index (χ2n) is 7.02. The number of benzene rings is 1. The molecule has 2 atom stereocenters. The van der Waals surface area contributed by atoms with Crippen LogP contribution in [0.4, 0.5) is 5.82 Å². The topological polar surface area (TPSA) is 84.7 Å². The van der Waals surface area contributed by atoms with E-state index in [2.05, 4.69) is 24.3 Å². The van der Waals surface area contributed by atoms with Crippen molar-refractivity contribution in [2.45, 2.75) is 52.1 Å². The van der Waals surface area contributed by atoms with Gasteiger partial charge in [0.2, 0.25) is 0 Å². The Bertz CT molecular complexity index is 790. The lowest BCUT2D eigenvalue weighted by atomic mass is 9.97. The fourth-order valence-electron chi connectivity index (χ4n) is 3.45. The number of hydrogen-bond acceptors (Lipinski definition) is 5. The van der Waals surface area contributed by atoms with Crippen LogP contribution in [0.3, 0.4) is 0 Å². The van der Waals surface area contributed by atoms with Crippen molar-refractivity contribution in [3.05, 3.63) is 41.7 Å². The molecule has 0 saturated carbocycles. The van der Waals surface area contributed by atoms with Gasteiger partial charge in [-0.05, 0) is 64.3 Å². The first-order valence-electron chi connectivity index (χ1n) is 9.22. The van der Waals surface area contributed by atoms with Gasteiger partial charge in [0.1, 0.15) is 11.5 Å². The zero-order valence-corrected chi connectivity index (χ0v) is 15.9. The summed E-state index contributed by atoms with van der Waals surface area (Å²) in [7, 11) is 0. The molecule has 1 N–H and O–H groups in total. The summed E-state index contributed by atoms with van der Waals surface area (Å²) in [4.78, 5) is 26.6. The Kier molecular flexibility index (Phi) is 5.78. The number of rotatable bonds is 5. The first kappa shape index (κ1) is 18.9. The quantitative estimate of drug-likeness (QED) is 0.871.